The quantitative estimate of drug-likeness (QED) is 0.593. The maximum absolute atomic E-state index is 11.9. The van der Waals surface area contributed by atoms with E-state index in [1.807, 2.05) is 18.2 Å². The summed E-state index contributed by atoms with van der Waals surface area (Å²) in [6.45, 7) is 3.96. The molecule has 1 saturated carbocycles. The second kappa shape index (κ2) is 5.20. The topological polar surface area (TPSA) is 26.3 Å². The predicted molar refractivity (Wildman–Crippen MR) is 74.8 cm³/mol. The first kappa shape index (κ1) is 12.5. The molecule has 1 aromatic carbocycles. The van der Waals surface area contributed by atoms with Crippen molar-refractivity contribution in [1.82, 2.24) is 0 Å². The van der Waals surface area contributed by atoms with Crippen molar-refractivity contribution in [2.75, 3.05) is 0 Å². The lowest BCUT2D eigenvalue weighted by Crippen LogP contribution is -2.27. The Morgan fingerprint density at radius 2 is 1.74 bits per heavy atom. The van der Waals surface area contributed by atoms with Crippen LogP contribution in [0.1, 0.15) is 43.6 Å². The van der Waals surface area contributed by atoms with Crippen molar-refractivity contribution >= 4 is 5.97 Å². The second-order valence-corrected chi connectivity index (χ2v) is 5.68. The van der Waals surface area contributed by atoms with Gasteiger partial charge in [0, 0.05) is 5.57 Å². The first-order valence-electron chi connectivity index (χ1n) is 7.22. The highest BCUT2D eigenvalue weighted by atomic mass is 16.6. The van der Waals surface area contributed by atoms with Gasteiger partial charge in [0.2, 0.25) is 0 Å². The summed E-state index contributed by atoms with van der Waals surface area (Å²) in [6.07, 6.45) is 6.18. The van der Waals surface area contributed by atoms with E-state index in [0.717, 1.165) is 5.56 Å². The molecule has 1 saturated heterocycles. The van der Waals surface area contributed by atoms with Crippen LogP contribution in [0.25, 0.3) is 0 Å². The molecule has 0 radical (unpaired) electrons. The van der Waals surface area contributed by atoms with Crippen LogP contribution in [-0.2, 0) is 9.53 Å². The van der Waals surface area contributed by atoms with Crippen molar-refractivity contribution in [3.05, 3.63) is 48.0 Å². The van der Waals surface area contributed by atoms with E-state index in [2.05, 4.69) is 18.7 Å². The van der Waals surface area contributed by atoms with Crippen LogP contribution >= 0.6 is 0 Å². The smallest absolute Gasteiger partial charge is 0.334 e. The number of hydrogen-bond acceptors (Lipinski definition) is 2. The van der Waals surface area contributed by atoms with Gasteiger partial charge in [-0.2, -0.15) is 0 Å². The molecule has 1 aliphatic heterocycles. The minimum absolute atomic E-state index is 0.00250. The zero-order valence-corrected chi connectivity index (χ0v) is 11.2. The van der Waals surface area contributed by atoms with Gasteiger partial charge in [0.1, 0.15) is 6.10 Å². The Bertz CT molecular complexity index is 471. The second-order valence-electron chi connectivity index (χ2n) is 5.68. The zero-order chi connectivity index (χ0) is 13.2. The molecule has 2 aliphatic rings. The molecule has 2 atom stereocenters. The maximum Gasteiger partial charge on any atom is 0.334 e. The molecule has 1 aliphatic carbocycles. The van der Waals surface area contributed by atoms with Crippen molar-refractivity contribution in [2.24, 2.45) is 5.92 Å². The van der Waals surface area contributed by atoms with Crippen LogP contribution in [0.3, 0.4) is 0 Å². The van der Waals surface area contributed by atoms with E-state index < -0.39 is 0 Å². The largest absolute Gasteiger partial charge is 0.458 e. The Balaban J connectivity index is 1.89. The highest BCUT2D eigenvalue weighted by Crippen LogP contribution is 2.43. The lowest BCUT2D eigenvalue weighted by molar-refractivity contribution is -0.141. The van der Waals surface area contributed by atoms with Crippen LogP contribution in [0.15, 0.2) is 42.5 Å². The predicted octanol–water partition coefficient (Wildman–Crippen LogP) is 3.83. The van der Waals surface area contributed by atoms with Gasteiger partial charge in [-0.15, -0.1) is 0 Å². The molecule has 0 unspecified atom stereocenters. The molecule has 0 aromatic heterocycles. The average molecular weight is 256 g/mol. The van der Waals surface area contributed by atoms with Gasteiger partial charge in [-0.3, -0.25) is 0 Å². The molecule has 1 heterocycles. The minimum Gasteiger partial charge on any atom is -0.458 e. The fourth-order valence-electron chi connectivity index (χ4n) is 3.47. The van der Waals surface area contributed by atoms with Gasteiger partial charge in [-0.1, -0.05) is 56.2 Å². The number of esters is 1. The molecule has 3 rings (SSSR count). The summed E-state index contributed by atoms with van der Waals surface area (Å²) in [6, 6.07) is 10.2. The number of carbonyl (C=O) groups is 1. The van der Waals surface area contributed by atoms with Crippen molar-refractivity contribution in [3.8, 4) is 0 Å². The molecule has 0 bridgehead atoms. The van der Waals surface area contributed by atoms with Crippen LogP contribution in [0.4, 0.5) is 0 Å². The summed E-state index contributed by atoms with van der Waals surface area (Å²) in [5.74, 6) is 0.350. The Kier molecular flexibility index (Phi) is 3.41. The van der Waals surface area contributed by atoms with E-state index in [0.29, 0.717) is 11.5 Å². The fraction of sp³-hybridized carbons (Fsp3) is 0.471. The monoisotopic (exact) mass is 256 g/mol. The maximum atomic E-state index is 11.9. The molecule has 2 nitrogen and oxygen atoms in total. The SMILES string of the molecule is C=C1C(=O)O[C@@H](C2CCCCC2)[C@H]1c1ccccc1. The number of cyclic esters (lactones) is 1. The molecule has 2 fully saturated rings. The van der Waals surface area contributed by atoms with Gasteiger partial charge in [-0.05, 0) is 24.3 Å². The summed E-state index contributed by atoms with van der Waals surface area (Å²) in [4.78, 5) is 11.9. The van der Waals surface area contributed by atoms with Crippen molar-refractivity contribution in [3.63, 3.8) is 0 Å². The van der Waals surface area contributed by atoms with Crippen molar-refractivity contribution in [2.45, 2.75) is 44.1 Å². The summed E-state index contributed by atoms with van der Waals surface area (Å²) < 4.78 is 5.64. The summed E-state index contributed by atoms with van der Waals surface area (Å²) in [5.41, 5.74) is 1.79. The highest BCUT2D eigenvalue weighted by Gasteiger charge is 2.43. The van der Waals surface area contributed by atoms with Gasteiger partial charge in [0.05, 0.1) is 5.92 Å². The number of ether oxygens (including phenoxy) is 1. The fourth-order valence-corrected chi connectivity index (χ4v) is 3.47. The third kappa shape index (κ3) is 2.32. The van der Waals surface area contributed by atoms with E-state index in [4.69, 9.17) is 4.74 Å². The molecule has 100 valence electrons. The first-order valence-corrected chi connectivity index (χ1v) is 7.22. The molecule has 2 heteroatoms. The Labute approximate surface area is 114 Å². The van der Waals surface area contributed by atoms with Crippen molar-refractivity contribution < 1.29 is 9.53 Å². The number of benzene rings is 1. The summed E-state index contributed by atoms with van der Waals surface area (Å²) in [5, 5.41) is 0. The molecular weight excluding hydrogens is 236 g/mol. The summed E-state index contributed by atoms with van der Waals surface area (Å²) >= 11 is 0. The molecule has 0 N–H and O–H groups in total. The van der Waals surface area contributed by atoms with E-state index in [1.54, 1.807) is 0 Å². The zero-order valence-electron chi connectivity index (χ0n) is 11.2. The first-order chi connectivity index (χ1) is 9.27. The molecule has 0 spiro atoms. The number of rotatable bonds is 2. The normalized spacial score (nSPS) is 28.4. The third-order valence-corrected chi connectivity index (χ3v) is 4.48. The van der Waals surface area contributed by atoms with Gasteiger partial charge < -0.3 is 4.74 Å². The van der Waals surface area contributed by atoms with E-state index in [1.165, 1.54) is 32.1 Å². The Morgan fingerprint density at radius 3 is 2.42 bits per heavy atom. The van der Waals surface area contributed by atoms with Gasteiger partial charge in [-0.25, -0.2) is 4.79 Å². The van der Waals surface area contributed by atoms with Crippen LogP contribution in [0.2, 0.25) is 0 Å². The molecule has 1 aromatic rings. The van der Waals surface area contributed by atoms with E-state index in [-0.39, 0.29) is 18.0 Å². The van der Waals surface area contributed by atoms with E-state index >= 15 is 0 Å². The van der Waals surface area contributed by atoms with Crippen LogP contribution in [-0.4, -0.2) is 12.1 Å². The number of hydrogen-bond donors (Lipinski definition) is 0. The molecular formula is C17H20O2. The molecule has 19 heavy (non-hydrogen) atoms. The highest BCUT2D eigenvalue weighted by molar-refractivity contribution is 5.92. The average Bonchev–Trinajstić information content (AvgIpc) is 2.77. The van der Waals surface area contributed by atoms with Gasteiger partial charge in [0.25, 0.3) is 0 Å². The minimum atomic E-state index is -0.204. The van der Waals surface area contributed by atoms with Crippen LogP contribution in [0, 0.1) is 5.92 Å². The molecule has 0 amide bonds. The summed E-state index contributed by atoms with van der Waals surface area (Å²) in [7, 11) is 0. The third-order valence-electron chi connectivity index (χ3n) is 4.48. The van der Waals surface area contributed by atoms with E-state index in [9.17, 15) is 4.79 Å². The van der Waals surface area contributed by atoms with Gasteiger partial charge >= 0.3 is 5.97 Å². The Morgan fingerprint density at radius 1 is 1.05 bits per heavy atom. The van der Waals surface area contributed by atoms with Gasteiger partial charge in [0.15, 0.2) is 0 Å². The van der Waals surface area contributed by atoms with Crippen molar-refractivity contribution in [1.29, 1.82) is 0 Å². The van der Waals surface area contributed by atoms with Crippen LogP contribution < -0.4 is 0 Å². The Hall–Kier alpha value is -1.57. The van der Waals surface area contributed by atoms with Crippen LogP contribution in [0.5, 0.6) is 0 Å². The standard InChI is InChI=1S/C17H20O2/c1-12-15(13-8-4-2-5-9-13)16(19-17(12)18)14-10-6-3-7-11-14/h2,4-5,8-9,14-16H,1,3,6-7,10-11H2/t15-,16+/m1/s1. The lowest BCUT2D eigenvalue weighted by atomic mass is 9.77. The lowest BCUT2D eigenvalue weighted by Gasteiger charge is -2.30. The number of carbonyl (C=O) groups excluding carboxylic acids is 1.